The fourth-order valence-corrected chi connectivity index (χ4v) is 3.52. The predicted molar refractivity (Wildman–Crippen MR) is 98.0 cm³/mol. The van der Waals surface area contributed by atoms with Gasteiger partial charge in [0.1, 0.15) is 0 Å². The summed E-state index contributed by atoms with van der Waals surface area (Å²) in [6.45, 7) is 3.43. The Balaban J connectivity index is 3.06. The molecule has 0 saturated heterocycles. The van der Waals surface area contributed by atoms with E-state index in [1.807, 2.05) is 0 Å². The number of rotatable bonds is 8. The lowest BCUT2D eigenvalue weighted by atomic mass is 9.57. The predicted octanol–water partition coefficient (Wildman–Crippen LogP) is 7.35. The molecule has 0 aliphatic heterocycles. The van der Waals surface area contributed by atoms with Crippen LogP contribution < -0.4 is 0 Å². The fraction of sp³-hybridized carbons (Fsp3) is 0.429. The molecule has 0 aliphatic carbocycles. The molecule has 0 fully saturated rings. The zero-order valence-corrected chi connectivity index (χ0v) is 16.7. The highest BCUT2D eigenvalue weighted by Gasteiger charge is 2.40. The quantitative estimate of drug-likeness (QED) is 0.170. The van der Waals surface area contributed by atoms with Crippen LogP contribution in [0, 0.1) is 52.4 Å². The maximum Gasteiger partial charge on any atom is 0.200 e. The molecule has 2 aromatic carbocycles. The van der Waals surface area contributed by atoms with Gasteiger partial charge in [-0.3, -0.25) is 0 Å². The second-order valence-corrected chi connectivity index (χ2v) is 7.31. The Bertz CT molecular complexity index is 951. The molecule has 0 nitrogen and oxygen atoms in total. The monoisotopic (exact) mass is 452 g/mol. The molecule has 0 saturated carbocycles. The van der Waals surface area contributed by atoms with Gasteiger partial charge in [-0.1, -0.05) is 52.4 Å². The summed E-state index contributed by atoms with van der Waals surface area (Å²) >= 11 is 0. The summed E-state index contributed by atoms with van der Waals surface area (Å²) in [4.78, 5) is 0. The molecule has 10 heteroatoms. The van der Waals surface area contributed by atoms with Crippen molar-refractivity contribution in [1.29, 1.82) is 0 Å². The highest BCUT2D eigenvalue weighted by molar-refractivity contribution is 6.16. The summed E-state index contributed by atoms with van der Waals surface area (Å²) < 4.78 is 128. The first kappa shape index (κ1) is 25.1. The molecule has 0 spiro atoms. The van der Waals surface area contributed by atoms with Crippen LogP contribution in [0.4, 0.5) is 39.5 Å². The van der Waals surface area contributed by atoms with Gasteiger partial charge in [0.2, 0.25) is 5.82 Å². The highest BCUT2D eigenvalue weighted by Crippen LogP contribution is 2.45. The fourth-order valence-electron chi connectivity index (χ4n) is 3.52. The number of benzene rings is 2. The molecule has 0 aliphatic rings. The van der Waals surface area contributed by atoms with Gasteiger partial charge in [0, 0.05) is 5.56 Å². The number of hydrogen-bond acceptors (Lipinski definition) is 0. The Morgan fingerprint density at radius 3 is 1.23 bits per heavy atom. The lowest BCUT2D eigenvalue weighted by molar-refractivity contribution is 0.373. The summed E-state index contributed by atoms with van der Waals surface area (Å²) in [6.07, 6.45) is 1.22. The first-order valence-electron chi connectivity index (χ1n) is 9.61. The minimum atomic E-state index is -2.54. The van der Waals surface area contributed by atoms with E-state index in [0.717, 1.165) is 0 Å². The normalized spacial score (nSPS) is 12.0. The molecule has 0 aromatic heterocycles. The topological polar surface area (TPSA) is 0 Å². The molecular weight excluding hydrogens is 434 g/mol. The van der Waals surface area contributed by atoms with Crippen LogP contribution in [-0.4, -0.2) is 7.85 Å². The van der Waals surface area contributed by atoms with E-state index in [9.17, 15) is 39.5 Å². The Hall–Kier alpha value is -2.13. The summed E-state index contributed by atoms with van der Waals surface area (Å²) in [5, 5.41) is -1.97. The Kier molecular flexibility index (Phi) is 7.76. The van der Waals surface area contributed by atoms with Crippen LogP contribution in [0.25, 0.3) is 11.1 Å². The molecule has 2 aromatic rings. The van der Waals surface area contributed by atoms with E-state index in [1.165, 1.54) is 0 Å². The Morgan fingerprint density at radius 1 is 0.516 bits per heavy atom. The second kappa shape index (κ2) is 9.57. The average Bonchev–Trinajstić information content (AvgIpc) is 2.75. The van der Waals surface area contributed by atoms with Crippen molar-refractivity contribution in [3.8, 4) is 11.1 Å². The van der Waals surface area contributed by atoms with Crippen molar-refractivity contribution < 1.29 is 39.5 Å². The van der Waals surface area contributed by atoms with Crippen LogP contribution in [0.1, 0.15) is 57.9 Å². The SMILES string of the molecule is [B]C(CCCC)(CCCC)c1c(F)c(F)c(F)c(F)c1-c1c(F)c(F)c(F)c(F)c1F. The molecule has 0 bridgehead atoms. The maximum absolute atomic E-state index is 14.9. The lowest BCUT2D eigenvalue weighted by Crippen LogP contribution is -2.31. The van der Waals surface area contributed by atoms with Crippen LogP contribution in [0.5, 0.6) is 0 Å². The zero-order chi connectivity index (χ0) is 23.7. The summed E-state index contributed by atoms with van der Waals surface area (Å²) in [5.74, 6) is -21.6. The van der Waals surface area contributed by atoms with E-state index < -0.39 is 74.4 Å². The van der Waals surface area contributed by atoms with Gasteiger partial charge in [-0.2, -0.15) is 0 Å². The van der Waals surface area contributed by atoms with Crippen molar-refractivity contribution in [2.45, 2.75) is 57.7 Å². The molecule has 0 N–H and O–H groups in total. The first-order chi connectivity index (χ1) is 14.4. The lowest BCUT2D eigenvalue weighted by Gasteiger charge is -2.34. The van der Waals surface area contributed by atoms with Gasteiger partial charge in [-0.25, -0.2) is 39.5 Å². The average molecular weight is 452 g/mol. The van der Waals surface area contributed by atoms with E-state index in [4.69, 9.17) is 7.85 Å². The zero-order valence-electron chi connectivity index (χ0n) is 16.7. The van der Waals surface area contributed by atoms with E-state index >= 15 is 0 Å². The molecule has 2 rings (SSSR count). The third-order valence-electron chi connectivity index (χ3n) is 5.18. The van der Waals surface area contributed by atoms with Crippen LogP contribution in [0.3, 0.4) is 0 Å². The van der Waals surface area contributed by atoms with Crippen molar-refractivity contribution in [2.75, 3.05) is 0 Å². The number of halogens is 9. The van der Waals surface area contributed by atoms with Crippen LogP contribution in [0.15, 0.2) is 0 Å². The smallest absolute Gasteiger partial charge is 0.200 e. The minimum absolute atomic E-state index is 0.146. The first-order valence-corrected chi connectivity index (χ1v) is 9.61. The van der Waals surface area contributed by atoms with Crippen LogP contribution >= 0.6 is 0 Å². The summed E-state index contributed by atoms with van der Waals surface area (Å²) in [6, 6.07) is 0. The van der Waals surface area contributed by atoms with Crippen molar-refractivity contribution in [2.24, 2.45) is 0 Å². The van der Waals surface area contributed by atoms with Crippen molar-refractivity contribution in [1.82, 2.24) is 0 Å². The third kappa shape index (κ3) is 4.30. The number of hydrogen-bond donors (Lipinski definition) is 0. The molecule has 0 atom stereocenters. The molecule has 168 valence electrons. The Morgan fingerprint density at radius 2 is 0.839 bits per heavy atom. The third-order valence-corrected chi connectivity index (χ3v) is 5.18. The molecular formula is C21H18BF9. The van der Waals surface area contributed by atoms with Crippen molar-refractivity contribution >= 4 is 7.85 Å². The van der Waals surface area contributed by atoms with E-state index in [0.29, 0.717) is 12.8 Å². The molecule has 0 heterocycles. The number of unbranched alkanes of at least 4 members (excludes halogenated alkanes) is 2. The van der Waals surface area contributed by atoms with Crippen molar-refractivity contribution in [3.63, 3.8) is 0 Å². The Labute approximate surface area is 174 Å². The van der Waals surface area contributed by atoms with Gasteiger partial charge in [-0.05, 0) is 10.9 Å². The van der Waals surface area contributed by atoms with Gasteiger partial charge < -0.3 is 0 Å². The summed E-state index contributed by atoms with van der Waals surface area (Å²) in [5.41, 5.74) is -4.71. The molecule has 0 amide bonds. The highest BCUT2D eigenvalue weighted by atomic mass is 19.2. The van der Waals surface area contributed by atoms with Crippen molar-refractivity contribution in [3.05, 3.63) is 57.9 Å². The maximum atomic E-state index is 14.9. The molecule has 2 radical (unpaired) electrons. The minimum Gasteiger partial charge on any atom is -0.203 e. The second-order valence-electron chi connectivity index (χ2n) is 7.31. The van der Waals surface area contributed by atoms with E-state index in [1.54, 1.807) is 13.8 Å². The van der Waals surface area contributed by atoms with E-state index in [-0.39, 0.29) is 25.7 Å². The van der Waals surface area contributed by atoms with Gasteiger partial charge in [0.25, 0.3) is 0 Å². The summed E-state index contributed by atoms with van der Waals surface area (Å²) in [7, 11) is 6.22. The van der Waals surface area contributed by atoms with Gasteiger partial charge in [0.05, 0.1) is 13.4 Å². The van der Waals surface area contributed by atoms with Crippen LogP contribution in [-0.2, 0) is 5.31 Å². The largest absolute Gasteiger partial charge is 0.203 e. The molecule has 31 heavy (non-hydrogen) atoms. The standard InChI is InChI=1S/C21H18BF9/c1-3-5-7-21(22,8-6-4-2)11-9(12(23)16(27)19(30)15(11)26)10-13(24)17(28)20(31)18(29)14(10)25/h3-8H2,1-2H3. The van der Waals surface area contributed by atoms with Gasteiger partial charge in [-0.15, -0.1) is 0 Å². The van der Waals surface area contributed by atoms with Crippen LogP contribution in [0.2, 0.25) is 0 Å². The molecule has 0 unspecified atom stereocenters. The van der Waals surface area contributed by atoms with Gasteiger partial charge in [0.15, 0.2) is 46.5 Å². The van der Waals surface area contributed by atoms with E-state index in [2.05, 4.69) is 0 Å². The van der Waals surface area contributed by atoms with Gasteiger partial charge >= 0.3 is 0 Å².